The van der Waals surface area contributed by atoms with Crippen molar-refractivity contribution in [1.29, 1.82) is 0 Å². The van der Waals surface area contributed by atoms with Crippen molar-refractivity contribution in [2.24, 2.45) is 11.5 Å². The van der Waals surface area contributed by atoms with Crippen molar-refractivity contribution in [1.82, 2.24) is 29.9 Å². The van der Waals surface area contributed by atoms with E-state index < -0.39 is 47.3 Å². The predicted molar refractivity (Wildman–Crippen MR) is 406 cm³/mol. The summed E-state index contributed by atoms with van der Waals surface area (Å²) < 4.78 is 50.9. The van der Waals surface area contributed by atoms with E-state index in [0.29, 0.717) is 54.2 Å². The third-order valence-corrected chi connectivity index (χ3v) is 24.0. The fourth-order valence-corrected chi connectivity index (χ4v) is 16.0. The molecule has 34 heteroatoms. The lowest BCUT2D eigenvalue weighted by Crippen LogP contribution is -2.40. The Labute approximate surface area is 625 Å². The van der Waals surface area contributed by atoms with Crippen molar-refractivity contribution in [3.05, 3.63) is 160 Å². The number of rotatable bonds is 17. The lowest BCUT2D eigenvalue weighted by Gasteiger charge is -2.21. The highest BCUT2D eigenvalue weighted by Gasteiger charge is 2.48. The van der Waals surface area contributed by atoms with Crippen molar-refractivity contribution in [3.8, 4) is 0 Å². The minimum absolute atomic E-state index is 0. The Bertz CT molecular complexity index is 3430. The SMILES string of the molecule is C.C1CCCC1.Cc1ccc(S(=O)(=O)Cl)cc1.Cc1ccc(S(=O)(=O)OCC2([N+](=O)[O-])CCCC2)cc1.Cl.NC1(CS)CCCC1.NC1(CSc2ncccn2)CCCC1.O=[N+]([O-])C1(CO)CCCC1.O=[N+]([O-])C1(CSc2ncccn2)CCCC1.O=[N+]([O-])C1CCCC1.S=c1nccc[nH]1. The standard InChI is InChI=1S/C13H17NO5S.C10H13N3O2S.C10H15N3S.C7H7ClO2S.C6H11NO3.C6H13NS.C5H9NO2.C5H10.C4H4N2S.CH4.ClH/c1-11-4-6-12(7-5-11)20(17,18)19-10-13(14(15)16)8-2-3-9-13;14-13(15)10(4-1-2-5-10)8-16-9-11-6-3-7-12-9;11-10(4-1-2-5-10)8-14-9-12-6-3-7-13-9;1-6-2-4-7(5-3-6)11(8,9)10;8-5-6(7(9)10)3-1-2-4-6;7-6(5-8)3-1-2-4-6;7-6(8)5-3-1-2-4-5;1-2-4-5-3-1;7-4-5-2-1-3-6-4;;/h4-7H,2-3,8-10H2,1H3;3,6-7H,1-2,4-5,8H2;3,6-7H,1-2,4-5,8,11H2;2-5H,1H3;8H,1-5H2;8H,1-5,7H2;5H,1-4H2;1-5H2;1-3H,(H,5,6,7);1H4;1H. The van der Waals surface area contributed by atoms with E-state index in [9.17, 15) is 57.3 Å². The Morgan fingerprint density at radius 1 is 0.564 bits per heavy atom. The van der Waals surface area contributed by atoms with Crippen molar-refractivity contribution < 1.29 is 45.8 Å². The number of H-pyrrole nitrogens is 1. The second-order valence-electron chi connectivity index (χ2n) is 26.0. The van der Waals surface area contributed by atoms with Crippen molar-refractivity contribution in [2.45, 2.75) is 261 Å². The van der Waals surface area contributed by atoms with Crippen LogP contribution in [0.3, 0.4) is 0 Å². The molecule has 0 unspecified atom stereocenters. The zero-order valence-corrected chi connectivity index (χ0v) is 63.7. The molecule has 0 saturated heterocycles. The normalized spacial score (nSPS) is 18.3. The van der Waals surface area contributed by atoms with Gasteiger partial charge in [-0.25, -0.2) is 33.3 Å². The van der Waals surface area contributed by atoms with Gasteiger partial charge in [0.15, 0.2) is 15.1 Å². The van der Waals surface area contributed by atoms with E-state index in [2.05, 4.69) is 54.8 Å². The average Bonchev–Trinajstić information content (AvgIpc) is 1.80. The molecular formula is C67H104Cl2N12O14S6. The summed E-state index contributed by atoms with van der Waals surface area (Å²) in [5.74, 6) is 2.27. The predicted octanol–water partition coefficient (Wildman–Crippen LogP) is 15.3. The molecule has 0 radical (unpaired) electrons. The van der Waals surface area contributed by atoms with E-state index in [1.54, 1.807) is 85.3 Å². The van der Waals surface area contributed by atoms with Crippen LogP contribution in [0.4, 0.5) is 0 Å². The third-order valence-electron chi connectivity index (χ3n) is 18.2. The molecule has 0 spiro atoms. The highest BCUT2D eigenvalue weighted by atomic mass is 35.7. The molecule has 0 atom stereocenters. The van der Waals surface area contributed by atoms with Crippen LogP contribution in [-0.2, 0) is 23.4 Å². The number of thioether (sulfide) groups is 2. The first kappa shape index (κ1) is 92.0. The van der Waals surface area contributed by atoms with Crippen molar-refractivity contribution in [3.63, 3.8) is 0 Å². The number of aromatic nitrogens is 6. The molecule has 26 nitrogen and oxygen atoms in total. The number of aliphatic hydroxyl groups is 1. The van der Waals surface area contributed by atoms with E-state index in [4.69, 9.17) is 31.4 Å². The number of hydrogen-bond acceptors (Lipinski definition) is 25. The van der Waals surface area contributed by atoms with Gasteiger partial charge < -0.3 is 21.6 Å². The van der Waals surface area contributed by atoms with Crippen molar-refractivity contribution >= 4 is 90.6 Å². The third kappa shape index (κ3) is 34.1. The smallest absolute Gasteiger partial charge is 0.297 e. The molecule has 0 bridgehead atoms. The topological polar surface area (TPSA) is 403 Å². The first-order chi connectivity index (χ1) is 47.0. The molecule has 7 fully saturated rings. The van der Waals surface area contributed by atoms with Crippen LogP contribution in [0.15, 0.2) is 124 Å². The molecule has 5 aromatic rings. The number of thiol groups is 1. The lowest BCUT2D eigenvalue weighted by atomic mass is 10.0. The monoisotopic (exact) mass is 1560 g/mol. The summed E-state index contributed by atoms with van der Waals surface area (Å²) >= 11 is 11.9. The number of aryl methyl sites for hydroxylation is 2. The Hall–Kier alpha value is -5.13. The quantitative estimate of drug-likeness (QED) is 0.00843. The minimum Gasteiger partial charge on any atom is -0.389 e. The Balaban J connectivity index is 0.000000395. The zero-order chi connectivity index (χ0) is 72.9. The van der Waals surface area contributed by atoms with Crippen LogP contribution in [0.2, 0.25) is 0 Å². The molecule has 7 saturated carbocycles. The summed E-state index contributed by atoms with van der Waals surface area (Å²) in [4.78, 5) is 64.7. The molecule has 566 valence electrons. The molecule has 7 aliphatic rings. The Morgan fingerprint density at radius 2 is 0.931 bits per heavy atom. The maximum atomic E-state index is 12.0. The maximum Gasteiger partial charge on any atom is 0.297 e. The molecule has 3 aromatic heterocycles. The first-order valence-electron chi connectivity index (χ1n) is 33.7. The second kappa shape index (κ2) is 47.4. The van der Waals surface area contributed by atoms with Crippen LogP contribution < -0.4 is 11.5 Å². The molecule has 7 aliphatic carbocycles. The Morgan fingerprint density at radius 3 is 1.25 bits per heavy atom. The molecule has 3 heterocycles. The number of halogens is 2. The van der Waals surface area contributed by atoms with Gasteiger partial charge in [0.1, 0.15) is 13.2 Å². The highest BCUT2D eigenvalue weighted by molar-refractivity contribution is 8.13. The van der Waals surface area contributed by atoms with E-state index >= 15 is 0 Å². The second-order valence-corrected chi connectivity index (χ2v) is 32.8. The van der Waals surface area contributed by atoms with Crippen LogP contribution in [0.25, 0.3) is 0 Å². The van der Waals surface area contributed by atoms with Crippen LogP contribution in [-0.4, -0.2) is 136 Å². The minimum atomic E-state index is -3.94. The fraction of sp³-hybridized carbons (Fsp3) is 0.642. The summed E-state index contributed by atoms with van der Waals surface area (Å²) in [5, 5.41) is 52.9. The summed E-state index contributed by atoms with van der Waals surface area (Å²) in [5.41, 5.74) is 11.2. The van der Waals surface area contributed by atoms with Gasteiger partial charge in [0.2, 0.25) is 22.7 Å². The van der Waals surface area contributed by atoms with Crippen LogP contribution >= 0.6 is 71.5 Å². The molecule has 6 N–H and O–H groups in total. The largest absolute Gasteiger partial charge is 0.389 e. The van der Waals surface area contributed by atoms with Gasteiger partial charge in [0.05, 0.1) is 15.5 Å². The first-order valence-corrected chi connectivity index (χ1v) is 40.4. The van der Waals surface area contributed by atoms with Crippen molar-refractivity contribution in [2.75, 3.05) is 30.5 Å². The van der Waals surface area contributed by atoms with E-state index in [-0.39, 0.29) is 68.1 Å². The van der Waals surface area contributed by atoms with Gasteiger partial charge >= 0.3 is 0 Å². The fourth-order valence-electron chi connectivity index (χ4n) is 11.8. The number of aromatic amines is 1. The van der Waals surface area contributed by atoms with Gasteiger partial charge in [-0.3, -0.25) is 44.6 Å². The molecule has 0 amide bonds. The number of nitrogens with one attached hydrogen (secondary N) is 1. The number of hydrogen-bond donors (Lipinski definition) is 5. The zero-order valence-electron chi connectivity index (χ0n) is 57.1. The number of nitro groups is 4. The highest BCUT2D eigenvalue weighted by Crippen LogP contribution is 2.38. The number of aliphatic hydroxyl groups excluding tert-OH is 1. The summed E-state index contributed by atoms with van der Waals surface area (Å²) in [6.45, 7) is 3.03. The van der Waals surface area contributed by atoms with E-state index in [0.717, 1.165) is 105 Å². The van der Waals surface area contributed by atoms with Crippen LogP contribution in [0.1, 0.15) is 205 Å². The summed E-state index contributed by atoms with van der Waals surface area (Å²) in [7, 11) is -2.40. The van der Waals surface area contributed by atoms with E-state index in [1.807, 2.05) is 19.9 Å². The van der Waals surface area contributed by atoms with Gasteiger partial charge in [-0.1, -0.05) is 124 Å². The lowest BCUT2D eigenvalue weighted by molar-refractivity contribution is -0.571. The summed E-state index contributed by atoms with van der Waals surface area (Å²) in [6, 6.07) is 17.7. The van der Waals surface area contributed by atoms with E-state index in [1.165, 1.54) is 107 Å². The summed E-state index contributed by atoms with van der Waals surface area (Å²) in [6.07, 6.45) is 39.5. The Kier molecular flexibility index (Phi) is 43.1. The average molecular weight is 1560 g/mol. The number of nitrogens with zero attached hydrogens (tertiary/aromatic N) is 9. The molecule has 0 aliphatic heterocycles. The van der Waals surface area contributed by atoms with Crippen LogP contribution in [0.5, 0.6) is 0 Å². The van der Waals surface area contributed by atoms with Gasteiger partial charge in [-0.2, -0.15) is 21.0 Å². The van der Waals surface area contributed by atoms with Gasteiger partial charge in [-0.15, -0.1) is 12.4 Å². The van der Waals surface area contributed by atoms with Gasteiger partial charge in [0, 0.05) is 142 Å². The van der Waals surface area contributed by atoms with Gasteiger partial charge in [0.25, 0.3) is 19.2 Å². The molecule has 2 aromatic carbocycles. The molecule has 12 rings (SSSR count). The number of benzene rings is 2. The molecule has 101 heavy (non-hydrogen) atoms. The van der Waals surface area contributed by atoms with Crippen LogP contribution in [0, 0.1) is 59.1 Å². The van der Waals surface area contributed by atoms with Gasteiger partial charge in [-0.05, 0) is 146 Å². The maximum absolute atomic E-state index is 12.0. The molecular weight excluding hydrogens is 1460 g/mol. The number of nitrogens with two attached hydrogens (primary N) is 2.